The topological polar surface area (TPSA) is 0 Å². The smallest absolute Gasteiger partial charge is 0.0623 e. The Morgan fingerprint density at radius 3 is 1.85 bits per heavy atom. The average molecular weight is 620 g/mol. The number of rotatable bonds is 3. The summed E-state index contributed by atoms with van der Waals surface area (Å²) in [5.74, 6) is 0. The number of thiophene rings is 1. The second-order valence-corrected chi connectivity index (χ2v) is 14.7. The van der Waals surface area contributed by atoms with Crippen molar-refractivity contribution in [2.75, 3.05) is 0 Å². The molecule has 0 atom stereocenters. The average Bonchev–Trinajstić information content (AvgIpc) is 3.49. The fourth-order valence-corrected chi connectivity index (χ4v) is 8.97. The number of fused-ring (bicyclic) bond motifs is 6. The van der Waals surface area contributed by atoms with Crippen LogP contribution in [0.15, 0.2) is 152 Å². The Hall–Kier alpha value is -5.24. The molecule has 0 aliphatic rings. The molecule has 47 heavy (non-hydrogen) atoms. The SMILES string of the molecule is [2H]c1ccc2cc(-c3cccc(-c4c5ccccc5c(-c5ccc(C(C)(C)C)c6sc7ccccc7c56)c5ccccc45)c3)ccc2c1. The van der Waals surface area contributed by atoms with Crippen LogP contribution < -0.4 is 0 Å². The largest absolute Gasteiger partial charge is 0.135 e. The zero-order valence-corrected chi connectivity index (χ0v) is 27.6. The molecule has 0 unspecified atom stereocenters. The molecule has 0 nitrogen and oxygen atoms in total. The minimum Gasteiger partial charge on any atom is -0.135 e. The third kappa shape index (κ3) is 4.49. The van der Waals surface area contributed by atoms with Crippen molar-refractivity contribution >= 4 is 63.8 Å². The van der Waals surface area contributed by atoms with E-state index in [1.807, 2.05) is 29.5 Å². The van der Waals surface area contributed by atoms with Crippen LogP contribution in [0.3, 0.4) is 0 Å². The summed E-state index contributed by atoms with van der Waals surface area (Å²) >= 11 is 1.93. The van der Waals surface area contributed by atoms with Crippen molar-refractivity contribution < 1.29 is 1.37 Å². The maximum atomic E-state index is 8.02. The van der Waals surface area contributed by atoms with Gasteiger partial charge in [0.15, 0.2) is 0 Å². The lowest BCUT2D eigenvalue weighted by Crippen LogP contribution is -2.11. The molecule has 0 saturated carbocycles. The first kappa shape index (κ1) is 26.9. The molecule has 0 aliphatic heterocycles. The Bertz CT molecular complexity index is 2670. The molecule has 8 aromatic carbocycles. The van der Waals surface area contributed by atoms with Gasteiger partial charge in [0.1, 0.15) is 0 Å². The van der Waals surface area contributed by atoms with E-state index in [4.69, 9.17) is 1.37 Å². The van der Waals surface area contributed by atoms with Gasteiger partial charge in [-0.05, 0) is 94.9 Å². The van der Waals surface area contributed by atoms with Crippen LogP contribution in [-0.2, 0) is 5.41 Å². The second kappa shape index (κ2) is 10.7. The highest BCUT2D eigenvalue weighted by Crippen LogP contribution is 2.50. The lowest BCUT2D eigenvalue weighted by atomic mass is 9.81. The van der Waals surface area contributed by atoms with Gasteiger partial charge in [0.2, 0.25) is 0 Å². The Morgan fingerprint density at radius 1 is 0.489 bits per heavy atom. The number of benzene rings is 8. The fourth-order valence-electron chi connectivity index (χ4n) is 7.52. The van der Waals surface area contributed by atoms with Crippen molar-refractivity contribution in [3.63, 3.8) is 0 Å². The van der Waals surface area contributed by atoms with E-state index in [1.165, 1.54) is 80.7 Å². The maximum absolute atomic E-state index is 8.02. The third-order valence-electron chi connectivity index (χ3n) is 9.70. The lowest BCUT2D eigenvalue weighted by molar-refractivity contribution is 0.597. The summed E-state index contributed by atoms with van der Waals surface area (Å²) in [6.07, 6.45) is 0. The summed E-state index contributed by atoms with van der Waals surface area (Å²) in [5, 5.41) is 10.0. The van der Waals surface area contributed by atoms with Crippen molar-refractivity contribution in [1.29, 1.82) is 0 Å². The summed E-state index contributed by atoms with van der Waals surface area (Å²) in [6.45, 7) is 6.97. The van der Waals surface area contributed by atoms with Crippen LogP contribution in [0.1, 0.15) is 27.7 Å². The van der Waals surface area contributed by atoms with Crippen molar-refractivity contribution in [3.8, 4) is 33.4 Å². The predicted octanol–water partition coefficient (Wildman–Crippen LogP) is 13.8. The first-order chi connectivity index (χ1) is 23.3. The van der Waals surface area contributed by atoms with Crippen molar-refractivity contribution in [2.45, 2.75) is 26.2 Å². The van der Waals surface area contributed by atoms with Crippen LogP contribution in [0.4, 0.5) is 0 Å². The Labute approximate surface area is 281 Å². The van der Waals surface area contributed by atoms with Gasteiger partial charge in [-0.2, -0.15) is 0 Å². The Kier molecular flexibility index (Phi) is 6.11. The van der Waals surface area contributed by atoms with Gasteiger partial charge < -0.3 is 0 Å². The highest BCUT2D eigenvalue weighted by Gasteiger charge is 2.24. The highest BCUT2D eigenvalue weighted by molar-refractivity contribution is 7.26. The van der Waals surface area contributed by atoms with E-state index in [0.717, 1.165) is 10.8 Å². The minimum absolute atomic E-state index is 0.0340. The molecule has 1 heteroatoms. The zero-order chi connectivity index (χ0) is 32.6. The summed E-state index contributed by atoms with van der Waals surface area (Å²) in [7, 11) is 0. The summed E-state index contributed by atoms with van der Waals surface area (Å²) < 4.78 is 10.7. The zero-order valence-electron chi connectivity index (χ0n) is 27.8. The van der Waals surface area contributed by atoms with Crippen molar-refractivity contribution in [1.82, 2.24) is 0 Å². The molecule has 1 heterocycles. The normalized spacial score (nSPS) is 12.4. The number of hydrogen-bond donors (Lipinski definition) is 0. The fraction of sp³-hybridized carbons (Fsp3) is 0.0870. The van der Waals surface area contributed by atoms with Gasteiger partial charge in [-0.15, -0.1) is 11.3 Å². The first-order valence-electron chi connectivity index (χ1n) is 16.8. The van der Waals surface area contributed by atoms with E-state index in [1.54, 1.807) is 0 Å². The van der Waals surface area contributed by atoms with Crippen molar-refractivity contribution in [3.05, 3.63) is 157 Å². The molecule has 0 spiro atoms. The molecular weight excluding hydrogens is 585 g/mol. The van der Waals surface area contributed by atoms with Crippen LogP contribution >= 0.6 is 11.3 Å². The summed E-state index contributed by atoms with van der Waals surface area (Å²) in [4.78, 5) is 0. The van der Waals surface area contributed by atoms with E-state index >= 15 is 0 Å². The molecule has 0 N–H and O–H groups in total. The van der Waals surface area contributed by atoms with E-state index in [0.29, 0.717) is 6.04 Å². The molecule has 0 saturated heterocycles. The molecule has 0 amide bonds. The van der Waals surface area contributed by atoms with E-state index in [2.05, 4.69) is 148 Å². The Balaban J connectivity index is 1.33. The summed E-state index contributed by atoms with van der Waals surface area (Å²) in [6, 6.07) is 53.5. The maximum Gasteiger partial charge on any atom is 0.0623 e. The monoisotopic (exact) mass is 619 g/mol. The van der Waals surface area contributed by atoms with Gasteiger partial charge in [0.05, 0.1) is 1.37 Å². The molecule has 9 aromatic rings. The molecule has 9 rings (SSSR count). The van der Waals surface area contributed by atoms with Gasteiger partial charge in [0, 0.05) is 20.2 Å². The van der Waals surface area contributed by atoms with Gasteiger partial charge in [-0.25, -0.2) is 0 Å². The van der Waals surface area contributed by atoms with Crippen LogP contribution in [0.5, 0.6) is 0 Å². The van der Waals surface area contributed by atoms with Gasteiger partial charge in [0.25, 0.3) is 0 Å². The lowest BCUT2D eigenvalue weighted by Gasteiger charge is -2.23. The van der Waals surface area contributed by atoms with E-state index in [-0.39, 0.29) is 5.41 Å². The third-order valence-corrected chi connectivity index (χ3v) is 10.9. The van der Waals surface area contributed by atoms with Crippen LogP contribution in [0.2, 0.25) is 0 Å². The van der Waals surface area contributed by atoms with Crippen LogP contribution in [-0.4, -0.2) is 0 Å². The predicted molar refractivity (Wildman–Crippen MR) is 207 cm³/mol. The molecule has 0 bridgehead atoms. The Morgan fingerprint density at radius 2 is 1.13 bits per heavy atom. The van der Waals surface area contributed by atoms with Gasteiger partial charge in [-0.1, -0.05) is 154 Å². The summed E-state index contributed by atoms with van der Waals surface area (Å²) in [5.41, 5.74) is 8.88. The molecule has 1 aromatic heterocycles. The molecule has 224 valence electrons. The molecule has 0 fully saturated rings. The molecule has 0 aliphatic carbocycles. The van der Waals surface area contributed by atoms with Gasteiger partial charge in [-0.3, -0.25) is 0 Å². The first-order valence-corrected chi connectivity index (χ1v) is 17.2. The van der Waals surface area contributed by atoms with E-state index in [9.17, 15) is 0 Å². The molecular formula is C46H34S. The molecule has 0 radical (unpaired) electrons. The number of hydrogen-bond acceptors (Lipinski definition) is 1. The minimum atomic E-state index is 0.0340. The van der Waals surface area contributed by atoms with Crippen LogP contribution in [0.25, 0.3) is 85.9 Å². The van der Waals surface area contributed by atoms with E-state index < -0.39 is 0 Å². The van der Waals surface area contributed by atoms with Gasteiger partial charge >= 0.3 is 0 Å². The second-order valence-electron chi connectivity index (χ2n) is 13.6. The van der Waals surface area contributed by atoms with Crippen molar-refractivity contribution in [2.24, 2.45) is 0 Å². The standard InChI is InChI=1S/C46H34S/c1-46(2,3)40-26-25-39(44-38-21-10-11-22-41(38)47-45(40)44)43-36-19-8-6-17-34(36)42(35-18-7-9-20-37(35)43)33-16-12-15-31(28-33)32-24-23-29-13-4-5-14-30(29)27-32/h4-28H,1-3H3/i4D. The van der Waals surface area contributed by atoms with Crippen LogP contribution in [0, 0.1) is 0 Å². The highest BCUT2D eigenvalue weighted by atomic mass is 32.1. The quantitative estimate of drug-likeness (QED) is 0.173.